The molecule has 0 fully saturated rings. The molecule has 0 aromatic heterocycles. The third-order valence-corrected chi connectivity index (χ3v) is 3.85. The molecule has 0 unspecified atom stereocenters. The van der Waals surface area contributed by atoms with E-state index >= 15 is 0 Å². The van der Waals surface area contributed by atoms with E-state index in [1.54, 1.807) is 23.9 Å². The van der Waals surface area contributed by atoms with Crippen LogP contribution in [0.5, 0.6) is 11.5 Å². The molecule has 0 radical (unpaired) electrons. The predicted octanol–water partition coefficient (Wildman–Crippen LogP) is 1.07. The summed E-state index contributed by atoms with van der Waals surface area (Å²) in [6.45, 7) is 0.928. The maximum absolute atomic E-state index is 12.0. The first-order chi connectivity index (χ1) is 10.7. The molecule has 1 atom stereocenters. The van der Waals surface area contributed by atoms with E-state index in [-0.39, 0.29) is 12.5 Å². The van der Waals surface area contributed by atoms with E-state index < -0.39 is 6.10 Å². The Balaban J connectivity index is 1.71. The monoisotopic (exact) mass is 341 g/mol. The van der Waals surface area contributed by atoms with Gasteiger partial charge in [0.2, 0.25) is 6.10 Å². The first-order valence-corrected chi connectivity index (χ1v) is 8.72. The van der Waals surface area contributed by atoms with Gasteiger partial charge in [-0.2, -0.15) is 11.8 Å². The molecular weight excluding hydrogens is 322 g/mol. The maximum Gasteiger partial charge on any atom is 0.283 e. The fraction of sp³-hybridized carbons (Fsp3) is 0.429. The Morgan fingerprint density at radius 2 is 2.14 bits per heavy atom. The van der Waals surface area contributed by atoms with Gasteiger partial charge < -0.3 is 14.8 Å². The van der Waals surface area contributed by atoms with Crippen LogP contribution in [0.25, 0.3) is 0 Å². The average molecular weight is 341 g/mol. The van der Waals surface area contributed by atoms with E-state index in [1.807, 2.05) is 12.1 Å². The first-order valence-electron chi connectivity index (χ1n) is 6.92. The van der Waals surface area contributed by atoms with Crippen LogP contribution in [-0.2, 0) is 4.79 Å². The number of hydrazine groups is 1. The van der Waals surface area contributed by atoms with Crippen molar-refractivity contribution in [1.82, 2.24) is 16.2 Å². The van der Waals surface area contributed by atoms with Gasteiger partial charge in [0.15, 0.2) is 16.6 Å². The van der Waals surface area contributed by atoms with Crippen molar-refractivity contribution in [3.05, 3.63) is 24.3 Å². The lowest BCUT2D eigenvalue weighted by molar-refractivity contribution is -0.130. The summed E-state index contributed by atoms with van der Waals surface area (Å²) in [5, 5.41) is 3.39. The number of thioether (sulfide) groups is 1. The highest BCUT2D eigenvalue weighted by Gasteiger charge is 2.27. The fourth-order valence-corrected chi connectivity index (χ4v) is 2.40. The summed E-state index contributed by atoms with van der Waals surface area (Å²) in [4.78, 5) is 12.0. The molecule has 1 aliphatic rings. The lowest BCUT2D eigenvalue weighted by atomic mass is 10.2. The predicted molar refractivity (Wildman–Crippen MR) is 91.2 cm³/mol. The molecular formula is C14H19N3O3S2. The van der Waals surface area contributed by atoms with Crippen LogP contribution < -0.4 is 25.6 Å². The van der Waals surface area contributed by atoms with Crippen molar-refractivity contribution in [2.75, 3.05) is 25.2 Å². The van der Waals surface area contributed by atoms with Crippen LogP contribution in [0, 0.1) is 0 Å². The summed E-state index contributed by atoms with van der Waals surface area (Å²) in [6.07, 6.45) is 2.36. The Labute approximate surface area is 139 Å². The topological polar surface area (TPSA) is 71.6 Å². The van der Waals surface area contributed by atoms with E-state index in [9.17, 15) is 4.79 Å². The molecule has 0 saturated carbocycles. The van der Waals surface area contributed by atoms with E-state index in [2.05, 4.69) is 22.4 Å². The van der Waals surface area contributed by atoms with Gasteiger partial charge in [-0.15, -0.1) is 0 Å². The van der Waals surface area contributed by atoms with Crippen LogP contribution in [0.1, 0.15) is 6.42 Å². The Morgan fingerprint density at radius 3 is 2.91 bits per heavy atom. The first kappa shape index (κ1) is 16.7. The number of ether oxygens (including phenoxy) is 2. The third kappa shape index (κ3) is 4.96. The molecule has 1 amide bonds. The van der Waals surface area contributed by atoms with Gasteiger partial charge in [-0.1, -0.05) is 12.1 Å². The minimum atomic E-state index is -0.707. The zero-order chi connectivity index (χ0) is 15.8. The number of nitrogens with one attached hydrogen (secondary N) is 3. The Kier molecular flexibility index (Phi) is 6.60. The Bertz CT molecular complexity index is 528. The van der Waals surface area contributed by atoms with E-state index in [0.29, 0.717) is 16.6 Å². The van der Waals surface area contributed by atoms with Crippen LogP contribution in [0.4, 0.5) is 0 Å². The Morgan fingerprint density at radius 1 is 1.36 bits per heavy atom. The number of amides is 1. The molecule has 1 aliphatic heterocycles. The van der Waals surface area contributed by atoms with Crippen molar-refractivity contribution in [1.29, 1.82) is 0 Å². The molecule has 0 bridgehead atoms. The molecule has 3 N–H and O–H groups in total. The van der Waals surface area contributed by atoms with Gasteiger partial charge in [-0.25, -0.2) is 0 Å². The second-order valence-corrected chi connectivity index (χ2v) is 5.97. The zero-order valence-corrected chi connectivity index (χ0v) is 13.9. The Hall–Kier alpha value is -1.67. The SMILES string of the molecule is CSCCCNC(=S)NNC(=O)[C@@H]1COc2ccccc2O1. The van der Waals surface area contributed by atoms with Gasteiger partial charge in [-0.3, -0.25) is 15.6 Å². The molecule has 1 aromatic carbocycles. The van der Waals surface area contributed by atoms with E-state index in [0.717, 1.165) is 18.7 Å². The van der Waals surface area contributed by atoms with E-state index in [1.165, 1.54) is 0 Å². The highest BCUT2D eigenvalue weighted by molar-refractivity contribution is 7.98. The molecule has 1 heterocycles. The zero-order valence-electron chi connectivity index (χ0n) is 12.3. The summed E-state index contributed by atoms with van der Waals surface area (Å²) >= 11 is 6.85. The summed E-state index contributed by atoms with van der Waals surface area (Å²) in [6, 6.07) is 7.25. The lowest BCUT2D eigenvalue weighted by Gasteiger charge is -2.25. The molecule has 22 heavy (non-hydrogen) atoms. The molecule has 0 saturated heterocycles. The number of carbonyl (C=O) groups excluding carboxylic acids is 1. The number of benzene rings is 1. The van der Waals surface area contributed by atoms with Crippen LogP contribution in [0.2, 0.25) is 0 Å². The molecule has 120 valence electrons. The number of carbonyl (C=O) groups is 1. The average Bonchev–Trinajstić information content (AvgIpc) is 2.56. The van der Waals surface area contributed by atoms with Gasteiger partial charge in [0, 0.05) is 6.54 Å². The minimum absolute atomic E-state index is 0.165. The minimum Gasteiger partial charge on any atom is -0.485 e. The largest absolute Gasteiger partial charge is 0.485 e. The van der Waals surface area contributed by atoms with Crippen molar-refractivity contribution in [3.8, 4) is 11.5 Å². The van der Waals surface area contributed by atoms with Gasteiger partial charge in [0.05, 0.1) is 0 Å². The highest BCUT2D eigenvalue weighted by Crippen LogP contribution is 2.30. The van der Waals surface area contributed by atoms with Crippen molar-refractivity contribution >= 4 is 35.0 Å². The molecule has 0 aliphatic carbocycles. The second kappa shape index (κ2) is 8.70. The van der Waals surface area contributed by atoms with E-state index in [4.69, 9.17) is 21.7 Å². The third-order valence-electron chi connectivity index (χ3n) is 2.91. The number of fused-ring (bicyclic) bond motifs is 1. The number of hydrogen-bond donors (Lipinski definition) is 3. The number of rotatable bonds is 5. The second-order valence-electron chi connectivity index (χ2n) is 4.58. The molecule has 6 nitrogen and oxygen atoms in total. The quantitative estimate of drug-likeness (QED) is 0.420. The maximum atomic E-state index is 12.0. The van der Waals surface area contributed by atoms with Gasteiger partial charge in [0.1, 0.15) is 6.61 Å². The number of para-hydroxylation sites is 2. The van der Waals surface area contributed by atoms with Crippen molar-refractivity contribution < 1.29 is 14.3 Å². The van der Waals surface area contributed by atoms with Crippen LogP contribution in [-0.4, -0.2) is 42.3 Å². The summed E-state index contributed by atoms with van der Waals surface area (Å²) in [5.41, 5.74) is 5.18. The summed E-state index contributed by atoms with van der Waals surface area (Å²) < 4.78 is 11.1. The number of hydrogen-bond acceptors (Lipinski definition) is 5. The van der Waals surface area contributed by atoms with Crippen molar-refractivity contribution in [2.45, 2.75) is 12.5 Å². The van der Waals surface area contributed by atoms with Gasteiger partial charge >= 0.3 is 0 Å². The van der Waals surface area contributed by atoms with Crippen molar-refractivity contribution in [2.24, 2.45) is 0 Å². The summed E-state index contributed by atoms with van der Waals surface area (Å²) in [5.74, 6) is 1.94. The van der Waals surface area contributed by atoms with Crippen LogP contribution >= 0.6 is 24.0 Å². The smallest absolute Gasteiger partial charge is 0.283 e. The summed E-state index contributed by atoms with van der Waals surface area (Å²) in [7, 11) is 0. The van der Waals surface area contributed by atoms with Crippen LogP contribution in [0.15, 0.2) is 24.3 Å². The normalized spacial score (nSPS) is 15.8. The molecule has 2 rings (SSSR count). The fourth-order valence-electron chi connectivity index (χ4n) is 1.81. The molecule has 1 aromatic rings. The van der Waals surface area contributed by atoms with Gasteiger partial charge in [0.25, 0.3) is 5.91 Å². The molecule has 8 heteroatoms. The van der Waals surface area contributed by atoms with Crippen LogP contribution in [0.3, 0.4) is 0 Å². The van der Waals surface area contributed by atoms with Gasteiger partial charge in [-0.05, 0) is 42.8 Å². The standard InChI is InChI=1S/C14H19N3O3S2/c1-22-8-4-7-15-14(21)17-16-13(18)12-9-19-10-5-2-3-6-11(10)20-12/h2-3,5-6,12H,4,7-9H2,1H3,(H,16,18)(H2,15,17,21)/t12-/m0/s1. The highest BCUT2D eigenvalue weighted by atomic mass is 32.2. The molecule has 0 spiro atoms. The lowest BCUT2D eigenvalue weighted by Crippen LogP contribution is -2.53. The van der Waals surface area contributed by atoms with Crippen molar-refractivity contribution in [3.63, 3.8) is 0 Å². The number of thiocarbonyl (C=S) groups is 1.